The van der Waals surface area contributed by atoms with Crippen LogP contribution in [-0.4, -0.2) is 28.7 Å². The minimum Gasteiger partial charge on any atom is -0.396 e. The Labute approximate surface area is 79.8 Å². The zero-order valence-corrected chi connectivity index (χ0v) is 8.71. The molecule has 0 fully saturated rings. The van der Waals surface area contributed by atoms with Crippen LogP contribution < -0.4 is 0 Å². The minimum absolute atomic E-state index is 0.166. The smallest absolute Gasteiger partial charge is 0.161 e. The van der Waals surface area contributed by atoms with Crippen LogP contribution in [0.4, 0.5) is 0 Å². The second-order valence-corrected chi connectivity index (χ2v) is 4.12. The van der Waals surface area contributed by atoms with Gasteiger partial charge in [-0.3, -0.25) is 4.79 Å². The van der Waals surface area contributed by atoms with E-state index in [4.69, 9.17) is 5.11 Å². The lowest BCUT2D eigenvalue weighted by Gasteiger charge is -2.26. The third-order valence-electron chi connectivity index (χ3n) is 2.23. The highest BCUT2D eigenvalue weighted by atomic mass is 16.3. The SMILES string of the molecule is CCCCC(=O)[C@H](O)C(C)(C)CO. The predicted molar refractivity (Wildman–Crippen MR) is 51.4 cm³/mol. The second kappa shape index (κ2) is 5.35. The Morgan fingerprint density at radius 3 is 2.38 bits per heavy atom. The number of carbonyl (C=O) groups excluding carboxylic acids is 1. The van der Waals surface area contributed by atoms with Crippen LogP contribution in [0.3, 0.4) is 0 Å². The molecule has 13 heavy (non-hydrogen) atoms. The number of hydrogen-bond donors (Lipinski definition) is 2. The molecule has 0 aliphatic heterocycles. The summed E-state index contributed by atoms with van der Waals surface area (Å²) in [6.45, 7) is 5.19. The normalized spacial score (nSPS) is 14.2. The second-order valence-electron chi connectivity index (χ2n) is 4.12. The van der Waals surface area contributed by atoms with Crippen molar-refractivity contribution in [1.29, 1.82) is 0 Å². The molecule has 3 nitrogen and oxygen atoms in total. The molecule has 0 aliphatic rings. The predicted octanol–water partition coefficient (Wildman–Crippen LogP) is 1.13. The van der Waals surface area contributed by atoms with Crippen LogP contribution >= 0.6 is 0 Å². The molecule has 0 bridgehead atoms. The van der Waals surface area contributed by atoms with Gasteiger partial charge in [0.1, 0.15) is 6.10 Å². The van der Waals surface area contributed by atoms with Crippen LogP contribution in [0.2, 0.25) is 0 Å². The van der Waals surface area contributed by atoms with Crippen LogP contribution in [0, 0.1) is 5.41 Å². The molecule has 0 unspecified atom stereocenters. The third kappa shape index (κ3) is 3.87. The van der Waals surface area contributed by atoms with Crippen molar-refractivity contribution >= 4 is 5.78 Å². The number of carbonyl (C=O) groups is 1. The topological polar surface area (TPSA) is 57.5 Å². The summed E-state index contributed by atoms with van der Waals surface area (Å²) in [4.78, 5) is 11.3. The van der Waals surface area contributed by atoms with Crippen molar-refractivity contribution in [2.75, 3.05) is 6.61 Å². The van der Waals surface area contributed by atoms with E-state index < -0.39 is 11.5 Å². The molecule has 0 rings (SSSR count). The van der Waals surface area contributed by atoms with Crippen molar-refractivity contribution < 1.29 is 15.0 Å². The van der Waals surface area contributed by atoms with Crippen LogP contribution in [-0.2, 0) is 4.79 Å². The van der Waals surface area contributed by atoms with Gasteiger partial charge in [-0.05, 0) is 6.42 Å². The molecule has 3 heteroatoms. The lowest BCUT2D eigenvalue weighted by Crippen LogP contribution is -2.39. The highest BCUT2D eigenvalue weighted by Gasteiger charge is 2.31. The van der Waals surface area contributed by atoms with E-state index in [1.807, 2.05) is 6.92 Å². The molecule has 0 aromatic rings. The van der Waals surface area contributed by atoms with Crippen LogP contribution in [0.15, 0.2) is 0 Å². The van der Waals surface area contributed by atoms with Gasteiger partial charge in [-0.2, -0.15) is 0 Å². The summed E-state index contributed by atoms with van der Waals surface area (Å²) in [7, 11) is 0. The fraction of sp³-hybridized carbons (Fsp3) is 0.900. The lowest BCUT2D eigenvalue weighted by atomic mass is 9.84. The Morgan fingerprint density at radius 1 is 1.46 bits per heavy atom. The summed E-state index contributed by atoms with van der Waals surface area (Å²) < 4.78 is 0. The van der Waals surface area contributed by atoms with Gasteiger partial charge in [-0.1, -0.05) is 27.2 Å². The molecule has 0 aromatic heterocycles. The molecule has 0 aliphatic carbocycles. The minimum atomic E-state index is -1.04. The molecule has 1 atom stereocenters. The van der Waals surface area contributed by atoms with E-state index in [0.29, 0.717) is 6.42 Å². The molecule has 0 amide bonds. The summed E-state index contributed by atoms with van der Waals surface area (Å²) in [6.07, 6.45) is 1.11. The van der Waals surface area contributed by atoms with Gasteiger partial charge in [0.15, 0.2) is 5.78 Å². The molecular formula is C10H20O3. The lowest BCUT2D eigenvalue weighted by molar-refractivity contribution is -0.134. The summed E-state index contributed by atoms with van der Waals surface area (Å²) in [5.74, 6) is -0.166. The molecule has 78 valence electrons. The number of hydrogen-bond acceptors (Lipinski definition) is 3. The molecule has 0 aromatic carbocycles. The Morgan fingerprint density at radius 2 is 2.00 bits per heavy atom. The molecule has 0 radical (unpaired) electrons. The first-order chi connectivity index (χ1) is 5.95. The van der Waals surface area contributed by atoms with Crippen LogP contribution in [0.5, 0.6) is 0 Å². The van der Waals surface area contributed by atoms with E-state index in [0.717, 1.165) is 12.8 Å². The summed E-state index contributed by atoms with van der Waals surface area (Å²) in [5.41, 5.74) is -0.717. The maximum atomic E-state index is 11.3. The van der Waals surface area contributed by atoms with Gasteiger partial charge < -0.3 is 10.2 Å². The average molecular weight is 188 g/mol. The monoisotopic (exact) mass is 188 g/mol. The number of Topliss-reactive ketones (excluding diaryl/α,β-unsaturated/α-hetero) is 1. The summed E-state index contributed by atoms with van der Waals surface area (Å²) >= 11 is 0. The van der Waals surface area contributed by atoms with Gasteiger partial charge >= 0.3 is 0 Å². The molecular weight excluding hydrogens is 168 g/mol. The van der Waals surface area contributed by atoms with E-state index >= 15 is 0 Å². The Bertz CT molecular complexity index is 164. The fourth-order valence-corrected chi connectivity index (χ4v) is 1.01. The van der Waals surface area contributed by atoms with Gasteiger partial charge in [-0.15, -0.1) is 0 Å². The van der Waals surface area contributed by atoms with Crippen molar-refractivity contribution in [3.05, 3.63) is 0 Å². The summed E-state index contributed by atoms with van der Waals surface area (Å²) in [6, 6.07) is 0. The van der Waals surface area contributed by atoms with Crippen LogP contribution in [0.25, 0.3) is 0 Å². The first kappa shape index (κ1) is 12.6. The highest BCUT2D eigenvalue weighted by molar-refractivity contribution is 5.83. The number of aliphatic hydroxyl groups excluding tert-OH is 2. The first-order valence-electron chi connectivity index (χ1n) is 4.77. The maximum Gasteiger partial charge on any atom is 0.161 e. The molecule has 0 spiro atoms. The van der Waals surface area contributed by atoms with Crippen molar-refractivity contribution in [3.63, 3.8) is 0 Å². The van der Waals surface area contributed by atoms with E-state index in [2.05, 4.69) is 0 Å². The maximum absolute atomic E-state index is 11.3. The van der Waals surface area contributed by atoms with E-state index in [1.165, 1.54) is 0 Å². The molecule has 0 saturated heterocycles. The van der Waals surface area contributed by atoms with Gasteiger partial charge in [-0.25, -0.2) is 0 Å². The van der Waals surface area contributed by atoms with E-state index in [9.17, 15) is 9.90 Å². The van der Waals surface area contributed by atoms with Crippen molar-refractivity contribution in [2.24, 2.45) is 5.41 Å². The van der Waals surface area contributed by atoms with E-state index in [1.54, 1.807) is 13.8 Å². The van der Waals surface area contributed by atoms with Crippen LogP contribution in [0.1, 0.15) is 40.0 Å². The van der Waals surface area contributed by atoms with Gasteiger partial charge in [0.05, 0.1) is 6.61 Å². The third-order valence-corrected chi connectivity index (χ3v) is 2.23. The zero-order valence-electron chi connectivity index (χ0n) is 8.71. The summed E-state index contributed by atoms with van der Waals surface area (Å²) in [5, 5.41) is 18.5. The van der Waals surface area contributed by atoms with Crippen molar-refractivity contribution in [3.8, 4) is 0 Å². The van der Waals surface area contributed by atoms with Gasteiger partial charge in [0.2, 0.25) is 0 Å². The highest BCUT2D eigenvalue weighted by Crippen LogP contribution is 2.21. The molecule has 0 saturated carbocycles. The average Bonchev–Trinajstić information content (AvgIpc) is 2.12. The zero-order chi connectivity index (χ0) is 10.5. The standard InChI is InChI=1S/C10H20O3/c1-4-5-6-8(12)9(13)10(2,3)7-11/h9,11,13H,4-7H2,1-3H3/t9-/m0/s1. The van der Waals surface area contributed by atoms with Gasteiger partial charge in [0.25, 0.3) is 0 Å². The largest absolute Gasteiger partial charge is 0.396 e. The quantitative estimate of drug-likeness (QED) is 0.657. The van der Waals surface area contributed by atoms with Gasteiger partial charge in [0, 0.05) is 11.8 Å². The van der Waals surface area contributed by atoms with E-state index in [-0.39, 0.29) is 12.4 Å². The number of ketones is 1. The van der Waals surface area contributed by atoms with Crippen molar-refractivity contribution in [1.82, 2.24) is 0 Å². The molecule has 0 heterocycles. The Kier molecular flexibility index (Phi) is 5.18. The number of unbranched alkanes of at least 4 members (excludes halogenated alkanes) is 1. The number of rotatable bonds is 6. The van der Waals surface area contributed by atoms with Crippen molar-refractivity contribution in [2.45, 2.75) is 46.1 Å². The fourth-order valence-electron chi connectivity index (χ4n) is 1.01. The molecule has 2 N–H and O–H groups in total. The first-order valence-corrected chi connectivity index (χ1v) is 4.77. The Hall–Kier alpha value is -0.410. The number of aliphatic hydroxyl groups is 2. The Balaban J connectivity index is 4.09.